The molecule has 0 unspecified atom stereocenters. The van der Waals surface area contributed by atoms with Crippen LogP contribution in [-0.4, -0.2) is 29.1 Å². The van der Waals surface area contributed by atoms with Crippen molar-refractivity contribution in [2.75, 3.05) is 11.5 Å². The van der Waals surface area contributed by atoms with Crippen LogP contribution in [0.4, 0.5) is 5.69 Å². The van der Waals surface area contributed by atoms with E-state index >= 15 is 0 Å². The Morgan fingerprint density at radius 1 is 1.35 bits per heavy atom. The minimum absolute atomic E-state index is 0.366. The summed E-state index contributed by atoms with van der Waals surface area (Å²) in [7, 11) is -0.418. The molecule has 1 fully saturated rings. The van der Waals surface area contributed by atoms with Gasteiger partial charge in [-0.15, -0.1) is 0 Å². The number of hydrogen-bond donors (Lipinski definition) is 2. The van der Waals surface area contributed by atoms with Crippen LogP contribution in [0.1, 0.15) is 33.4 Å². The first-order valence-electron chi connectivity index (χ1n) is 6.64. The Hall–Kier alpha value is -0.975. The summed E-state index contributed by atoms with van der Waals surface area (Å²) in [6, 6.07) is 3.63. The van der Waals surface area contributed by atoms with Gasteiger partial charge >= 0.3 is 7.12 Å². The summed E-state index contributed by atoms with van der Waals surface area (Å²) in [4.78, 5) is 4.26. The van der Waals surface area contributed by atoms with Crippen molar-refractivity contribution in [3.05, 3.63) is 29.5 Å². The van der Waals surface area contributed by atoms with Crippen LogP contribution >= 0.6 is 12.6 Å². The second-order valence-corrected chi connectivity index (χ2v) is 6.26. The van der Waals surface area contributed by atoms with E-state index in [9.17, 15) is 0 Å². The van der Waals surface area contributed by atoms with Crippen LogP contribution in [0.5, 0.6) is 0 Å². The molecular weight excluding hydrogens is 271 g/mol. The number of thiol groups is 1. The molecule has 0 saturated carbocycles. The average molecular weight is 292 g/mol. The largest absolute Gasteiger partial charge is 0.491 e. The molecule has 0 bridgehead atoms. The van der Waals surface area contributed by atoms with Crippen molar-refractivity contribution < 1.29 is 9.31 Å². The maximum absolute atomic E-state index is 6.02. The third-order valence-electron chi connectivity index (χ3n) is 3.93. The minimum Gasteiger partial charge on any atom is -0.400 e. The molecule has 20 heavy (non-hydrogen) atoms. The average Bonchev–Trinajstić information content (AvgIpc) is 2.57. The maximum atomic E-state index is 6.02. The van der Waals surface area contributed by atoms with Crippen LogP contribution < -0.4 is 5.73 Å². The number of nitrogens with zero attached hydrogens (tertiary/aromatic N) is 1. The van der Waals surface area contributed by atoms with Gasteiger partial charge in [0.1, 0.15) is 0 Å². The first kappa shape index (κ1) is 15.4. The van der Waals surface area contributed by atoms with Crippen molar-refractivity contribution in [2.45, 2.75) is 38.9 Å². The van der Waals surface area contributed by atoms with E-state index in [1.165, 1.54) is 0 Å². The third kappa shape index (κ3) is 2.87. The number of nitrogen functional groups attached to an aromatic ring is 1. The van der Waals surface area contributed by atoms with Crippen molar-refractivity contribution in [3.8, 4) is 0 Å². The highest BCUT2D eigenvalue weighted by molar-refractivity contribution is 7.80. The fourth-order valence-electron chi connectivity index (χ4n) is 1.91. The second-order valence-electron chi connectivity index (χ2n) is 5.94. The molecule has 1 saturated heterocycles. The molecule has 108 valence electrons. The summed E-state index contributed by atoms with van der Waals surface area (Å²) >= 11 is 4.37. The van der Waals surface area contributed by atoms with Gasteiger partial charge in [-0.1, -0.05) is 0 Å². The quantitative estimate of drug-likeness (QED) is 0.664. The molecule has 0 aliphatic carbocycles. The lowest BCUT2D eigenvalue weighted by molar-refractivity contribution is 0.00578. The van der Waals surface area contributed by atoms with Gasteiger partial charge in [0.2, 0.25) is 0 Å². The summed E-state index contributed by atoms with van der Waals surface area (Å²) in [5.41, 5.74) is 7.44. The Balaban J connectivity index is 2.29. The molecule has 0 atom stereocenters. The van der Waals surface area contributed by atoms with Crippen LogP contribution in [0.15, 0.2) is 23.8 Å². The van der Waals surface area contributed by atoms with E-state index < -0.39 is 7.12 Å². The summed E-state index contributed by atoms with van der Waals surface area (Å²) in [6.07, 6.45) is 3.60. The lowest BCUT2D eigenvalue weighted by atomic mass is 9.78. The number of nitrogens with two attached hydrogens (primary N) is 1. The minimum atomic E-state index is -0.418. The van der Waals surface area contributed by atoms with Gasteiger partial charge < -0.3 is 15.0 Å². The zero-order chi connectivity index (χ0) is 15.0. The fourth-order valence-corrected chi connectivity index (χ4v) is 2.15. The van der Waals surface area contributed by atoms with Crippen LogP contribution in [0.25, 0.3) is 6.08 Å². The fraction of sp³-hybridized carbons (Fsp3) is 0.500. The molecule has 4 nitrogen and oxygen atoms in total. The number of rotatable bonds is 3. The van der Waals surface area contributed by atoms with Gasteiger partial charge in [0.05, 0.1) is 22.6 Å². The number of pyridine rings is 1. The molecule has 2 heterocycles. The Morgan fingerprint density at radius 2 is 1.95 bits per heavy atom. The van der Waals surface area contributed by atoms with E-state index in [4.69, 9.17) is 15.0 Å². The molecule has 1 aromatic heterocycles. The van der Waals surface area contributed by atoms with E-state index in [1.54, 1.807) is 6.20 Å². The van der Waals surface area contributed by atoms with Gasteiger partial charge in [-0.05, 0) is 51.4 Å². The molecule has 6 heteroatoms. The van der Waals surface area contributed by atoms with Gasteiger partial charge in [-0.25, -0.2) is 0 Å². The lowest BCUT2D eigenvalue weighted by Gasteiger charge is -2.32. The molecule has 1 aliphatic heterocycles. The third-order valence-corrected chi connectivity index (χ3v) is 4.30. The van der Waals surface area contributed by atoms with Gasteiger partial charge in [-0.3, -0.25) is 4.98 Å². The highest BCUT2D eigenvalue weighted by Crippen LogP contribution is 2.39. The first-order chi connectivity index (χ1) is 9.27. The summed E-state index contributed by atoms with van der Waals surface area (Å²) < 4.78 is 12.0. The number of anilines is 1. The normalized spacial score (nSPS) is 21.2. The summed E-state index contributed by atoms with van der Waals surface area (Å²) in [5, 5.41) is 0. The molecule has 0 aromatic carbocycles. The van der Waals surface area contributed by atoms with Crippen molar-refractivity contribution >= 4 is 31.5 Å². The molecule has 1 aliphatic rings. The molecule has 2 rings (SSSR count). The summed E-state index contributed by atoms with van der Waals surface area (Å²) in [5.74, 6) is 0.521. The van der Waals surface area contributed by atoms with Crippen LogP contribution in [0.3, 0.4) is 0 Å². The van der Waals surface area contributed by atoms with E-state index in [0.29, 0.717) is 17.1 Å². The van der Waals surface area contributed by atoms with Gasteiger partial charge in [0.25, 0.3) is 0 Å². The molecule has 0 amide bonds. The summed E-state index contributed by atoms with van der Waals surface area (Å²) in [6.45, 7) is 8.10. The van der Waals surface area contributed by atoms with Gasteiger partial charge in [0, 0.05) is 11.9 Å². The second kappa shape index (κ2) is 5.43. The highest BCUT2D eigenvalue weighted by atomic mass is 32.1. The molecule has 0 spiro atoms. The van der Waals surface area contributed by atoms with Gasteiger partial charge in [0.15, 0.2) is 0 Å². The predicted molar refractivity (Wildman–Crippen MR) is 86.6 cm³/mol. The van der Waals surface area contributed by atoms with E-state index in [1.807, 2.05) is 45.9 Å². The van der Waals surface area contributed by atoms with Crippen LogP contribution in [0.2, 0.25) is 0 Å². The highest BCUT2D eigenvalue weighted by Gasteiger charge is 2.52. The molecular formula is C14H21BN2O2S. The van der Waals surface area contributed by atoms with E-state index in [0.717, 1.165) is 5.47 Å². The zero-order valence-electron chi connectivity index (χ0n) is 12.4. The molecule has 0 radical (unpaired) electrons. The maximum Gasteiger partial charge on any atom is 0.491 e. The smallest absolute Gasteiger partial charge is 0.400 e. The number of aromatic nitrogens is 1. The van der Waals surface area contributed by atoms with Gasteiger partial charge in [-0.2, -0.15) is 12.6 Å². The topological polar surface area (TPSA) is 57.4 Å². The van der Waals surface area contributed by atoms with Crippen molar-refractivity contribution in [1.82, 2.24) is 4.98 Å². The Morgan fingerprint density at radius 3 is 2.45 bits per heavy atom. The Bertz CT molecular complexity index is 516. The standard InChI is InChI=1S/C14H21BN2O2S/c1-13(2)14(3,4)19-15(18-13)10(9-20)8-12-11(16)6-5-7-17-12/h5-8,20H,9,16H2,1-4H3. The lowest BCUT2D eigenvalue weighted by Crippen LogP contribution is -2.41. The van der Waals surface area contributed by atoms with E-state index in [2.05, 4.69) is 17.6 Å². The van der Waals surface area contributed by atoms with Crippen LogP contribution in [0, 0.1) is 0 Å². The molecule has 1 aromatic rings. The SMILES string of the molecule is CC1(C)OB(C(=Cc2ncccc2N)CS)OC1(C)C. The zero-order valence-corrected chi connectivity index (χ0v) is 13.3. The first-order valence-corrected chi connectivity index (χ1v) is 7.27. The Labute approximate surface area is 126 Å². The van der Waals surface area contributed by atoms with Crippen molar-refractivity contribution in [1.29, 1.82) is 0 Å². The predicted octanol–water partition coefficient (Wildman–Crippen LogP) is 2.61. The van der Waals surface area contributed by atoms with E-state index in [-0.39, 0.29) is 11.2 Å². The molecule has 2 N–H and O–H groups in total. The Kier molecular flexibility index (Phi) is 4.18. The van der Waals surface area contributed by atoms with Crippen LogP contribution in [-0.2, 0) is 9.31 Å². The monoisotopic (exact) mass is 292 g/mol. The van der Waals surface area contributed by atoms with Crippen molar-refractivity contribution in [2.24, 2.45) is 0 Å². The van der Waals surface area contributed by atoms with Crippen molar-refractivity contribution in [3.63, 3.8) is 0 Å². The number of hydrogen-bond acceptors (Lipinski definition) is 5.